The first-order valence-corrected chi connectivity index (χ1v) is 9.89. The van der Waals surface area contributed by atoms with Crippen LogP contribution in [0.1, 0.15) is 0 Å². The summed E-state index contributed by atoms with van der Waals surface area (Å²) < 4.78 is 10.2. The molecule has 2 N–H and O–H groups in total. The summed E-state index contributed by atoms with van der Waals surface area (Å²) in [7, 11) is 0. The molecule has 0 aliphatic carbocycles. The zero-order valence-corrected chi connectivity index (χ0v) is 17.0. The Balaban J connectivity index is 0.000000180. The first-order chi connectivity index (χ1) is 14.8. The highest BCUT2D eigenvalue weighted by Crippen LogP contribution is 2.08. The van der Waals surface area contributed by atoms with Gasteiger partial charge in [-0.3, -0.25) is 0 Å². The van der Waals surface area contributed by atoms with Crippen LogP contribution in [-0.4, -0.2) is 69.6 Å². The lowest BCUT2D eigenvalue weighted by molar-refractivity contribution is 0.0564. The molecule has 2 aliphatic rings. The van der Waals surface area contributed by atoms with Crippen molar-refractivity contribution in [2.45, 2.75) is 0 Å². The molecule has 8 nitrogen and oxygen atoms in total. The lowest BCUT2D eigenvalue weighted by Crippen LogP contribution is -2.43. The number of morpholine rings is 2. The molecule has 0 bridgehead atoms. The van der Waals surface area contributed by atoms with Crippen LogP contribution in [0.4, 0.5) is 16.2 Å². The van der Waals surface area contributed by atoms with Gasteiger partial charge >= 0.3 is 6.03 Å². The standard InChI is InChI=1S/C11H14N2O2.C7H5NO.C4H9NO/c14-11(13-6-8-15-9-7-13)12-10-4-2-1-3-5-10;9-6-8-7-4-2-1-3-5-7;1-3-6-4-2-5-1/h1-5H,6-9H2,(H,12,14);1-5H;5H,1-4H2. The molecule has 2 aromatic rings. The minimum atomic E-state index is -0.0514. The van der Waals surface area contributed by atoms with Crippen LogP contribution in [-0.2, 0) is 14.3 Å². The molecule has 2 amide bonds. The number of rotatable bonds is 2. The van der Waals surface area contributed by atoms with Gasteiger partial charge in [-0.2, -0.15) is 4.99 Å². The lowest BCUT2D eigenvalue weighted by atomic mass is 10.3. The van der Waals surface area contributed by atoms with Gasteiger partial charge in [-0.05, 0) is 24.3 Å². The zero-order chi connectivity index (χ0) is 21.3. The van der Waals surface area contributed by atoms with Gasteiger partial charge in [0.15, 0.2) is 0 Å². The van der Waals surface area contributed by atoms with Crippen LogP contribution in [0, 0.1) is 0 Å². The Kier molecular flexibility index (Phi) is 11.5. The molecule has 2 heterocycles. The van der Waals surface area contributed by atoms with E-state index in [4.69, 9.17) is 9.47 Å². The third kappa shape index (κ3) is 9.95. The van der Waals surface area contributed by atoms with Gasteiger partial charge in [0.2, 0.25) is 6.08 Å². The quantitative estimate of drug-likeness (QED) is 0.585. The van der Waals surface area contributed by atoms with Crippen molar-refractivity contribution in [1.82, 2.24) is 10.2 Å². The van der Waals surface area contributed by atoms with E-state index in [1.54, 1.807) is 17.0 Å². The minimum absolute atomic E-state index is 0.0514. The number of carbonyl (C=O) groups is 1. The predicted octanol–water partition coefficient (Wildman–Crippen LogP) is 2.81. The van der Waals surface area contributed by atoms with E-state index < -0.39 is 0 Å². The third-order valence-electron chi connectivity index (χ3n) is 4.10. The van der Waals surface area contributed by atoms with Gasteiger partial charge in [0.05, 0.1) is 32.1 Å². The number of para-hydroxylation sites is 2. The molecule has 0 atom stereocenters. The maximum Gasteiger partial charge on any atom is 0.321 e. The number of urea groups is 1. The van der Waals surface area contributed by atoms with Crippen molar-refractivity contribution in [2.24, 2.45) is 4.99 Å². The number of hydrogen-bond acceptors (Lipinski definition) is 6. The number of isocyanates is 1. The van der Waals surface area contributed by atoms with Crippen LogP contribution in [0.3, 0.4) is 0 Å². The van der Waals surface area contributed by atoms with Crippen LogP contribution in [0.25, 0.3) is 0 Å². The predicted molar refractivity (Wildman–Crippen MR) is 116 cm³/mol. The Bertz CT molecular complexity index is 746. The van der Waals surface area contributed by atoms with Gasteiger partial charge in [0.25, 0.3) is 0 Å². The second-order valence-corrected chi connectivity index (χ2v) is 6.30. The number of anilines is 1. The minimum Gasteiger partial charge on any atom is -0.379 e. The van der Waals surface area contributed by atoms with Gasteiger partial charge in [0.1, 0.15) is 0 Å². The van der Waals surface area contributed by atoms with E-state index in [1.165, 1.54) is 6.08 Å². The molecule has 2 saturated heterocycles. The number of aliphatic imine (C=N–C) groups is 1. The van der Waals surface area contributed by atoms with Crippen molar-refractivity contribution in [3.05, 3.63) is 60.7 Å². The van der Waals surface area contributed by atoms with E-state index in [2.05, 4.69) is 15.6 Å². The average molecular weight is 412 g/mol. The number of amides is 2. The molecular weight excluding hydrogens is 384 g/mol. The van der Waals surface area contributed by atoms with Crippen LogP contribution < -0.4 is 10.6 Å². The molecule has 4 rings (SSSR count). The summed E-state index contributed by atoms with van der Waals surface area (Å²) in [6.07, 6.45) is 1.46. The molecular formula is C22H28N4O4. The van der Waals surface area contributed by atoms with Crippen LogP contribution in [0.2, 0.25) is 0 Å². The summed E-state index contributed by atoms with van der Waals surface area (Å²) in [5, 5.41) is 6.00. The van der Waals surface area contributed by atoms with Crippen molar-refractivity contribution in [1.29, 1.82) is 0 Å². The fourth-order valence-corrected chi connectivity index (χ4v) is 2.56. The van der Waals surface area contributed by atoms with Gasteiger partial charge in [-0.15, -0.1) is 0 Å². The average Bonchev–Trinajstić information content (AvgIpc) is 2.83. The fraction of sp³-hybridized carbons (Fsp3) is 0.364. The molecule has 0 saturated carbocycles. The van der Waals surface area contributed by atoms with E-state index >= 15 is 0 Å². The monoisotopic (exact) mass is 412 g/mol. The number of nitrogens with one attached hydrogen (secondary N) is 2. The summed E-state index contributed by atoms with van der Waals surface area (Å²) in [6.45, 7) is 6.42. The molecule has 2 aromatic carbocycles. The fourth-order valence-electron chi connectivity index (χ4n) is 2.56. The maximum atomic E-state index is 11.7. The van der Waals surface area contributed by atoms with Crippen molar-refractivity contribution >= 4 is 23.5 Å². The molecule has 2 fully saturated rings. The summed E-state index contributed by atoms with van der Waals surface area (Å²) in [4.78, 5) is 26.6. The SMILES string of the molecule is C1COCCN1.O=C(Nc1ccccc1)N1CCOCC1.O=C=Nc1ccccc1. The Hall–Kier alpha value is -3.03. The summed E-state index contributed by atoms with van der Waals surface area (Å²) in [5.41, 5.74) is 1.47. The summed E-state index contributed by atoms with van der Waals surface area (Å²) >= 11 is 0. The molecule has 0 spiro atoms. The smallest absolute Gasteiger partial charge is 0.321 e. The normalized spacial score (nSPS) is 15.3. The van der Waals surface area contributed by atoms with E-state index in [9.17, 15) is 9.59 Å². The number of nitrogens with zero attached hydrogens (tertiary/aromatic N) is 2. The van der Waals surface area contributed by atoms with Crippen molar-refractivity contribution in [3.8, 4) is 0 Å². The number of hydrogen-bond donors (Lipinski definition) is 2. The molecule has 0 radical (unpaired) electrons. The number of benzene rings is 2. The van der Waals surface area contributed by atoms with E-state index in [0.717, 1.165) is 32.0 Å². The number of carbonyl (C=O) groups excluding carboxylic acids is 2. The van der Waals surface area contributed by atoms with Gasteiger partial charge < -0.3 is 25.0 Å². The van der Waals surface area contributed by atoms with Crippen molar-refractivity contribution in [2.75, 3.05) is 57.9 Å². The topological polar surface area (TPSA) is 92.3 Å². The first-order valence-electron chi connectivity index (χ1n) is 9.89. The maximum absolute atomic E-state index is 11.7. The molecule has 160 valence electrons. The Morgan fingerprint density at radius 3 is 1.97 bits per heavy atom. The Labute approximate surface area is 176 Å². The van der Waals surface area contributed by atoms with Crippen molar-refractivity contribution in [3.63, 3.8) is 0 Å². The molecule has 0 unspecified atom stereocenters. The van der Waals surface area contributed by atoms with Gasteiger partial charge in [0, 0.05) is 31.9 Å². The highest BCUT2D eigenvalue weighted by molar-refractivity contribution is 5.89. The van der Waals surface area contributed by atoms with Crippen molar-refractivity contribution < 1.29 is 19.1 Å². The molecule has 2 aliphatic heterocycles. The zero-order valence-electron chi connectivity index (χ0n) is 17.0. The molecule has 0 aromatic heterocycles. The van der Waals surface area contributed by atoms with Crippen LogP contribution in [0.15, 0.2) is 65.7 Å². The van der Waals surface area contributed by atoms with Gasteiger partial charge in [-0.25, -0.2) is 9.59 Å². The second-order valence-electron chi connectivity index (χ2n) is 6.30. The van der Waals surface area contributed by atoms with E-state index in [-0.39, 0.29) is 6.03 Å². The largest absolute Gasteiger partial charge is 0.379 e. The molecule has 30 heavy (non-hydrogen) atoms. The van der Waals surface area contributed by atoms with E-state index in [1.807, 2.05) is 48.5 Å². The highest BCUT2D eigenvalue weighted by atomic mass is 16.5. The number of ether oxygens (including phenoxy) is 2. The lowest BCUT2D eigenvalue weighted by Gasteiger charge is -2.26. The van der Waals surface area contributed by atoms with Gasteiger partial charge in [-0.1, -0.05) is 36.4 Å². The highest BCUT2D eigenvalue weighted by Gasteiger charge is 2.16. The van der Waals surface area contributed by atoms with E-state index in [0.29, 0.717) is 32.0 Å². The Morgan fingerprint density at radius 2 is 1.47 bits per heavy atom. The summed E-state index contributed by atoms with van der Waals surface area (Å²) in [6, 6.07) is 18.4. The second kappa shape index (κ2) is 14.9. The first kappa shape index (κ1) is 23.3. The van der Waals surface area contributed by atoms with Crippen LogP contribution in [0.5, 0.6) is 0 Å². The Morgan fingerprint density at radius 1 is 0.900 bits per heavy atom. The van der Waals surface area contributed by atoms with Crippen LogP contribution >= 0.6 is 0 Å². The third-order valence-corrected chi connectivity index (χ3v) is 4.10. The summed E-state index contributed by atoms with van der Waals surface area (Å²) in [5.74, 6) is 0. The molecule has 8 heteroatoms.